The maximum absolute atomic E-state index is 13.1. The van der Waals surface area contributed by atoms with Crippen LogP contribution < -0.4 is 0 Å². The lowest BCUT2D eigenvalue weighted by atomic mass is 9.40. The second kappa shape index (κ2) is 5.16. The molecule has 7 nitrogen and oxygen atoms in total. The van der Waals surface area contributed by atoms with Crippen molar-refractivity contribution in [2.45, 2.75) is 64.6 Å². The van der Waals surface area contributed by atoms with Crippen molar-refractivity contribution >= 4 is 11.8 Å². The van der Waals surface area contributed by atoms with Gasteiger partial charge in [0, 0.05) is 28.2 Å². The maximum atomic E-state index is 13.1. The molecule has 10 atom stereocenters. The van der Waals surface area contributed by atoms with Crippen LogP contribution in [0.3, 0.4) is 0 Å². The fourth-order valence-corrected chi connectivity index (χ4v) is 6.78. The minimum atomic E-state index is -1.48. The number of aliphatic hydroxyl groups excluding tert-OH is 4. The van der Waals surface area contributed by atoms with Crippen LogP contribution in [0.5, 0.6) is 0 Å². The Morgan fingerprint density at radius 1 is 1.12 bits per heavy atom. The third-order valence-electron chi connectivity index (χ3n) is 7.76. The van der Waals surface area contributed by atoms with E-state index in [9.17, 15) is 30.0 Å². The summed E-state index contributed by atoms with van der Waals surface area (Å²) in [6.45, 7) is 6.74. The van der Waals surface area contributed by atoms with Crippen LogP contribution in [0.25, 0.3) is 0 Å². The van der Waals surface area contributed by atoms with Gasteiger partial charge in [-0.3, -0.25) is 9.59 Å². The third-order valence-corrected chi connectivity index (χ3v) is 7.76. The Labute approximate surface area is 151 Å². The summed E-state index contributed by atoms with van der Waals surface area (Å²) in [4.78, 5) is 25.7. The molecule has 144 valence electrons. The minimum absolute atomic E-state index is 0.128. The summed E-state index contributed by atoms with van der Waals surface area (Å²) in [6.07, 6.45) is -5.65. The van der Waals surface area contributed by atoms with Gasteiger partial charge in [-0.25, -0.2) is 0 Å². The van der Waals surface area contributed by atoms with Gasteiger partial charge < -0.3 is 25.2 Å². The van der Waals surface area contributed by atoms with Crippen LogP contribution in [0.2, 0.25) is 0 Å². The molecule has 3 fully saturated rings. The van der Waals surface area contributed by atoms with E-state index in [1.807, 2.05) is 0 Å². The molecule has 0 aromatic rings. The number of fused-ring (bicyclic) bond motifs is 6. The summed E-state index contributed by atoms with van der Waals surface area (Å²) in [6, 6.07) is 0. The summed E-state index contributed by atoms with van der Waals surface area (Å²) >= 11 is 0. The largest absolute Gasteiger partial charge is 0.459 e. The Morgan fingerprint density at radius 3 is 2.35 bits per heavy atom. The number of hydrogen-bond donors (Lipinski definition) is 4. The Balaban J connectivity index is 2.01. The zero-order valence-electron chi connectivity index (χ0n) is 15.3. The molecule has 7 heteroatoms. The molecule has 0 amide bonds. The van der Waals surface area contributed by atoms with Gasteiger partial charge >= 0.3 is 5.97 Å². The number of carbonyl (C=O) groups is 2. The molecule has 4 N–H and O–H groups in total. The highest BCUT2D eigenvalue weighted by Gasteiger charge is 2.75. The predicted molar refractivity (Wildman–Crippen MR) is 88.6 cm³/mol. The van der Waals surface area contributed by atoms with Crippen molar-refractivity contribution < 1.29 is 34.8 Å². The molecule has 0 aromatic heterocycles. The summed E-state index contributed by atoms with van der Waals surface area (Å²) in [7, 11) is 0. The van der Waals surface area contributed by atoms with Crippen molar-refractivity contribution in [1.82, 2.24) is 0 Å². The number of esters is 1. The zero-order valence-corrected chi connectivity index (χ0v) is 15.3. The van der Waals surface area contributed by atoms with Crippen LogP contribution >= 0.6 is 0 Å². The van der Waals surface area contributed by atoms with Crippen molar-refractivity contribution in [3.05, 3.63) is 11.1 Å². The number of rotatable bonds is 0. The van der Waals surface area contributed by atoms with Crippen LogP contribution in [-0.2, 0) is 14.3 Å². The Hall–Kier alpha value is -1.28. The van der Waals surface area contributed by atoms with Crippen molar-refractivity contribution in [3.63, 3.8) is 0 Å². The fourth-order valence-electron chi connectivity index (χ4n) is 6.78. The highest BCUT2D eigenvalue weighted by Crippen LogP contribution is 2.66. The van der Waals surface area contributed by atoms with E-state index in [1.54, 1.807) is 27.7 Å². The molecule has 3 aliphatic carbocycles. The molecule has 26 heavy (non-hydrogen) atoms. The van der Waals surface area contributed by atoms with Crippen LogP contribution in [0.15, 0.2) is 11.1 Å². The first kappa shape index (κ1) is 18.1. The summed E-state index contributed by atoms with van der Waals surface area (Å²) < 4.78 is 5.39. The highest BCUT2D eigenvalue weighted by molar-refractivity contribution is 6.03. The van der Waals surface area contributed by atoms with E-state index in [2.05, 4.69) is 0 Å². The number of aliphatic hydroxyl groups is 4. The smallest absolute Gasteiger partial charge is 0.310 e. The van der Waals surface area contributed by atoms with Gasteiger partial charge in [0.15, 0.2) is 5.78 Å². The second-order valence-electron chi connectivity index (χ2n) is 8.99. The second-order valence-corrected chi connectivity index (χ2v) is 8.99. The SMILES string of the molecule is CC1=C2C(=O)[C@H](O)[C@]3(C)[C@H]([C@@H](O)[C@@H]4OC(=O)[C@H]3[C@H]4C)[C@@]2(C)[C@H](O)[C@@H](O)C1. The van der Waals surface area contributed by atoms with E-state index in [-0.39, 0.29) is 17.9 Å². The zero-order chi connectivity index (χ0) is 19.3. The Bertz CT molecular complexity index is 729. The van der Waals surface area contributed by atoms with Gasteiger partial charge in [0.2, 0.25) is 0 Å². The standard InChI is InChI=1S/C19H26O7/c1-6-5-8(20)15(23)18(3)9(6)11(21)16(24)19(4)10-7(2)13(26-17(10)25)12(22)14(18)19/h7-8,10,12-16,20,22-24H,5H2,1-4H3/t7-,8+,10-,12+,13-,14-,15-,16+,18+,19+/m1/s1. The number of ether oxygens (including phenoxy) is 1. The quantitative estimate of drug-likeness (QED) is 0.428. The third kappa shape index (κ3) is 1.73. The lowest BCUT2D eigenvalue weighted by Gasteiger charge is -2.63. The van der Waals surface area contributed by atoms with Gasteiger partial charge in [-0.05, 0) is 13.3 Å². The summed E-state index contributed by atoms with van der Waals surface area (Å²) in [5.41, 5.74) is -1.71. The van der Waals surface area contributed by atoms with E-state index < -0.39 is 64.9 Å². The molecular formula is C19H26O7. The average molecular weight is 366 g/mol. The topological polar surface area (TPSA) is 124 Å². The molecule has 0 aromatic carbocycles. The van der Waals surface area contributed by atoms with Gasteiger partial charge in [0.25, 0.3) is 0 Å². The Kier molecular flexibility index (Phi) is 3.59. The minimum Gasteiger partial charge on any atom is -0.459 e. The highest BCUT2D eigenvalue weighted by atomic mass is 16.6. The summed E-state index contributed by atoms with van der Waals surface area (Å²) in [5.74, 6) is -2.99. The van der Waals surface area contributed by atoms with Gasteiger partial charge in [-0.2, -0.15) is 0 Å². The lowest BCUT2D eigenvalue weighted by Crippen LogP contribution is -2.72. The normalized spacial score (nSPS) is 56.2. The molecule has 4 rings (SSSR count). The van der Waals surface area contributed by atoms with E-state index in [1.165, 1.54) is 0 Å². The predicted octanol–water partition coefficient (Wildman–Crippen LogP) is -0.447. The van der Waals surface area contributed by atoms with Crippen LogP contribution in [0.4, 0.5) is 0 Å². The monoisotopic (exact) mass is 366 g/mol. The number of Topliss-reactive ketones (excluding diaryl/α,β-unsaturated/α-hetero) is 1. The van der Waals surface area contributed by atoms with Gasteiger partial charge in [0.05, 0.1) is 24.2 Å². The van der Waals surface area contributed by atoms with Gasteiger partial charge in [0.1, 0.15) is 12.2 Å². The summed E-state index contributed by atoms with van der Waals surface area (Å²) in [5, 5.41) is 43.4. The molecule has 2 saturated carbocycles. The van der Waals surface area contributed by atoms with Crippen LogP contribution in [0, 0.1) is 28.6 Å². The van der Waals surface area contributed by atoms with E-state index in [4.69, 9.17) is 4.74 Å². The lowest BCUT2D eigenvalue weighted by molar-refractivity contribution is -0.219. The molecule has 2 bridgehead atoms. The number of hydrogen-bond acceptors (Lipinski definition) is 7. The van der Waals surface area contributed by atoms with Crippen LogP contribution in [0.1, 0.15) is 34.1 Å². The first-order valence-electron chi connectivity index (χ1n) is 9.16. The van der Waals surface area contributed by atoms with Crippen molar-refractivity contribution in [2.24, 2.45) is 28.6 Å². The molecule has 4 aliphatic rings. The Morgan fingerprint density at radius 2 is 1.73 bits per heavy atom. The van der Waals surface area contributed by atoms with E-state index >= 15 is 0 Å². The first-order chi connectivity index (χ1) is 12.0. The number of carbonyl (C=O) groups excluding carboxylic acids is 2. The molecule has 1 heterocycles. The molecule has 0 radical (unpaired) electrons. The number of ketones is 1. The van der Waals surface area contributed by atoms with Crippen molar-refractivity contribution in [2.75, 3.05) is 0 Å². The molecular weight excluding hydrogens is 340 g/mol. The first-order valence-corrected chi connectivity index (χ1v) is 9.16. The van der Waals surface area contributed by atoms with Crippen molar-refractivity contribution in [3.8, 4) is 0 Å². The maximum Gasteiger partial charge on any atom is 0.310 e. The molecule has 1 saturated heterocycles. The van der Waals surface area contributed by atoms with E-state index in [0.29, 0.717) is 5.57 Å². The molecule has 1 aliphatic heterocycles. The van der Waals surface area contributed by atoms with Gasteiger partial charge in [-0.15, -0.1) is 0 Å². The van der Waals surface area contributed by atoms with Gasteiger partial charge in [-0.1, -0.05) is 26.3 Å². The van der Waals surface area contributed by atoms with Crippen molar-refractivity contribution in [1.29, 1.82) is 0 Å². The van der Waals surface area contributed by atoms with Crippen LogP contribution in [-0.4, -0.2) is 62.7 Å². The fraction of sp³-hybridized carbons (Fsp3) is 0.789. The van der Waals surface area contributed by atoms with E-state index in [0.717, 1.165) is 0 Å². The average Bonchev–Trinajstić information content (AvgIpc) is 2.80. The molecule has 0 spiro atoms. The molecule has 0 unspecified atom stereocenters.